The number of thioether (sulfide) groups is 1. The van der Waals surface area contributed by atoms with Crippen LogP contribution in [-0.2, 0) is 12.3 Å². The van der Waals surface area contributed by atoms with E-state index in [1.165, 1.54) is 17.3 Å². The molecule has 2 aromatic carbocycles. The topological polar surface area (TPSA) is 69.6 Å². The van der Waals surface area contributed by atoms with Crippen LogP contribution in [-0.4, -0.2) is 24.7 Å². The summed E-state index contributed by atoms with van der Waals surface area (Å²) in [5.74, 6) is 2.03. The van der Waals surface area contributed by atoms with Gasteiger partial charge in [-0.15, -0.1) is 10.2 Å². The molecule has 0 radical (unpaired) electrons. The van der Waals surface area contributed by atoms with Gasteiger partial charge in [0.15, 0.2) is 0 Å². The molecule has 5 aromatic rings. The number of rotatable bonds is 6. The Morgan fingerprint density at radius 1 is 0.897 bits per heavy atom. The molecular formula is C22H17N5OS. The zero-order valence-corrected chi connectivity index (χ0v) is 16.3. The summed E-state index contributed by atoms with van der Waals surface area (Å²) in [7, 11) is 0. The van der Waals surface area contributed by atoms with Crippen LogP contribution in [0, 0.1) is 0 Å². The number of benzene rings is 2. The Morgan fingerprint density at radius 3 is 2.69 bits per heavy atom. The van der Waals surface area contributed by atoms with Crippen molar-refractivity contribution in [1.82, 2.24) is 24.7 Å². The van der Waals surface area contributed by atoms with E-state index >= 15 is 0 Å². The van der Waals surface area contributed by atoms with Crippen LogP contribution in [0.25, 0.3) is 22.5 Å². The molecule has 142 valence electrons. The first-order valence-corrected chi connectivity index (χ1v) is 10.2. The molecule has 0 spiro atoms. The van der Waals surface area contributed by atoms with Gasteiger partial charge < -0.3 is 8.98 Å². The first-order valence-electron chi connectivity index (χ1n) is 9.21. The van der Waals surface area contributed by atoms with E-state index in [-0.39, 0.29) is 0 Å². The minimum atomic E-state index is 0.422. The third-order valence-electron chi connectivity index (χ3n) is 4.55. The van der Waals surface area contributed by atoms with Gasteiger partial charge in [0.2, 0.25) is 0 Å². The lowest BCUT2D eigenvalue weighted by molar-refractivity contribution is 0.464. The van der Waals surface area contributed by atoms with Gasteiger partial charge in [-0.25, -0.2) is 9.97 Å². The molecule has 0 unspecified atom stereocenters. The Labute approximate surface area is 171 Å². The van der Waals surface area contributed by atoms with Crippen molar-refractivity contribution in [3.8, 4) is 11.6 Å². The van der Waals surface area contributed by atoms with Crippen molar-refractivity contribution in [3.63, 3.8) is 0 Å². The largest absolute Gasteiger partial charge is 0.410 e. The van der Waals surface area contributed by atoms with Crippen molar-refractivity contribution >= 4 is 22.7 Å². The number of nitrogens with zero attached hydrogens (tertiary/aromatic N) is 5. The van der Waals surface area contributed by atoms with Crippen LogP contribution >= 0.6 is 11.8 Å². The van der Waals surface area contributed by atoms with Crippen LogP contribution in [0.3, 0.4) is 0 Å². The van der Waals surface area contributed by atoms with Crippen molar-refractivity contribution in [3.05, 3.63) is 90.5 Å². The molecule has 0 aliphatic carbocycles. The fourth-order valence-electron chi connectivity index (χ4n) is 3.09. The number of hydrogen-bond donors (Lipinski definition) is 0. The summed E-state index contributed by atoms with van der Waals surface area (Å²) in [6, 6.07) is 22.2. The van der Waals surface area contributed by atoms with Gasteiger partial charge in [0.1, 0.15) is 11.5 Å². The van der Waals surface area contributed by atoms with Gasteiger partial charge in [0.05, 0.1) is 11.3 Å². The summed E-state index contributed by atoms with van der Waals surface area (Å²) in [5, 5.41) is 9.89. The molecule has 5 rings (SSSR count). The summed E-state index contributed by atoms with van der Waals surface area (Å²) in [6.45, 7) is 0.785. The minimum absolute atomic E-state index is 0.422. The van der Waals surface area contributed by atoms with Crippen molar-refractivity contribution in [2.45, 2.75) is 17.5 Å². The zero-order chi connectivity index (χ0) is 19.5. The van der Waals surface area contributed by atoms with E-state index in [0.717, 1.165) is 23.3 Å². The van der Waals surface area contributed by atoms with Gasteiger partial charge >= 0.3 is 0 Å². The minimum Gasteiger partial charge on any atom is -0.410 e. The summed E-state index contributed by atoms with van der Waals surface area (Å²) in [6.07, 6.45) is 3.80. The average molecular weight is 399 g/mol. The second kappa shape index (κ2) is 7.89. The zero-order valence-electron chi connectivity index (χ0n) is 15.5. The van der Waals surface area contributed by atoms with Gasteiger partial charge in [-0.2, -0.15) is 0 Å². The molecule has 0 saturated carbocycles. The summed E-state index contributed by atoms with van der Waals surface area (Å²) >= 11 is 1.47. The lowest BCUT2D eigenvalue weighted by atomic mass is 10.2. The smallest absolute Gasteiger partial charge is 0.277 e. The van der Waals surface area contributed by atoms with Crippen LogP contribution in [0.15, 0.2) is 88.8 Å². The highest BCUT2D eigenvalue weighted by Gasteiger charge is 2.13. The number of hydrogen-bond acceptors (Lipinski definition) is 6. The normalized spacial score (nSPS) is 11.2. The average Bonchev–Trinajstić information content (AvgIpc) is 3.42. The number of pyridine rings is 1. The third-order valence-corrected chi connectivity index (χ3v) is 5.36. The molecule has 7 heteroatoms. The second-order valence-corrected chi connectivity index (χ2v) is 7.43. The number of imidazole rings is 1. The summed E-state index contributed by atoms with van der Waals surface area (Å²) in [5.41, 5.74) is 2.81. The molecule has 0 aliphatic heterocycles. The molecule has 3 aromatic heterocycles. The number of aromatic nitrogens is 5. The van der Waals surface area contributed by atoms with E-state index in [4.69, 9.17) is 4.42 Å². The molecular weight excluding hydrogens is 382 g/mol. The fourth-order valence-corrected chi connectivity index (χ4v) is 3.82. The van der Waals surface area contributed by atoms with Crippen LogP contribution in [0.1, 0.15) is 11.4 Å². The molecule has 0 atom stereocenters. The third kappa shape index (κ3) is 3.90. The summed E-state index contributed by atoms with van der Waals surface area (Å²) in [4.78, 5) is 9.07. The molecule has 0 bridgehead atoms. The Kier molecular flexibility index (Phi) is 4.80. The van der Waals surface area contributed by atoms with E-state index in [1.807, 2.05) is 67.0 Å². The maximum Gasteiger partial charge on any atom is 0.277 e. The van der Waals surface area contributed by atoms with Crippen molar-refractivity contribution in [2.75, 3.05) is 0 Å². The van der Waals surface area contributed by atoms with Gasteiger partial charge in [-0.05, 0) is 17.7 Å². The van der Waals surface area contributed by atoms with Gasteiger partial charge in [0.25, 0.3) is 11.1 Å². The van der Waals surface area contributed by atoms with Gasteiger partial charge in [-0.1, -0.05) is 66.4 Å². The highest BCUT2D eigenvalue weighted by molar-refractivity contribution is 7.98. The van der Waals surface area contributed by atoms with Crippen molar-refractivity contribution in [1.29, 1.82) is 0 Å². The lowest BCUT2D eigenvalue weighted by Crippen LogP contribution is -2.03. The first-order chi connectivity index (χ1) is 14.3. The standard InChI is InChI=1S/C22H17N5OS/c1-2-6-16(7-3-1)14-27-13-12-23-20(27)15-29-22-26-25-21(28-22)19-11-10-17-8-4-5-9-18(17)24-19/h1-13H,14-15H2. The second-order valence-electron chi connectivity index (χ2n) is 6.51. The molecule has 6 nitrogen and oxygen atoms in total. The summed E-state index contributed by atoms with van der Waals surface area (Å²) < 4.78 is 7.95. The Hall–Kier alpha value is -3.45. The Morgan fingerprint density at radius 2 is 1.76 bits per heavy atom. The Balaban J connectivity index is 1.29. The maximum atomic E-state index is 5.82. The number of para-hydroxylation sites is 1. The monoisotopic (exact) mass is 399 g/mol. The molecule has 29 heavy (non-hydrogen) atoms. The van der Waals surface area contributed by atoms with Crippen LogP contribution in [0.2, 0.25) is 0 Å². The van der Waals surface area contributed by atoms with E-state index in [9.17, 15) is 0 Å². The molecule has 0 fully saturated rings. The van der Waals surface area contributed by atoms with Crippen LogP contribution < -0.4 is 0 Å². The first kappa shape index (κ1) is 17.6. The van der Waals surface area contributed by atoms with Gasteiger partial charge in [0, 0.05) is 24.3 Å². The maximum absolute atomic E-state index is 5.82. The number of fused-ring (bicyclic) bond motifs is 1. The Bertz CT molecular complexity index is 1250. The van der Waals surface area contributed by atoms with E-state index in [1.54, 1.807) is 0 Å². The molecule has 0 saturated heterocycles. The van der Waals surface area contributed by atoms with Crippen LogP contribution in [0.5, 0.6) is 0 Å². The van der Waals surface area contributed by atoms with E-state index in [0.29, 0.717) is 22.6 Å². The van der Waals surface area contributed by atoms with Gasteiger partial charge in [-0.3, -0.25) is 0 Å². The van der Waals surface area contributed by atoms with Crippen molar-refractivity contribution < 1.29 is 4.42 Å². The quantitative estimate of drug-likeness (QED) is 0.381. The lowest BCUT2D eigenvalue weighted by Gasteiger charge is -2.06. The highest BCUT2D eigenvalue weighted by atomic mass is 32.2. The predicted octanol–water partition coefficient (Wildman–Crippen LogP) is 4.82. The van der Waals surface area contributed by atoms with Crippen molar-refractivity contribution in [2.24, 2.45) is 0 Å². The predicted molar refractivity (Wildman–Crippen MR) is 112 cm³/mol. The highest BCUT2D eigenvalue weighted by Crippen LogP contribution is 2.26. The van der Waals surface area contributed by atoms with Crippen LogP contribution in [0.4, 0.5) is 0 Å². The molecule has 0 N–H and O–H groups in total. The molecule has 3 heterocycles. The SMILES string of the molecule is c1ccc(Cn2ccnc2CSc2nnc(-c3ccc4ccccc4n3)o2)cc1. The fraction of sp³-hybridized carbons (Fsp3) is 0.0909. The van der Waals surface area contributed by atoms with E-state index < -0.39 is 0 Å². The molecule has 0 amide bonds. The molecule has 0 aliphatic rings. The van der Waals surface area contributed by atoms with E-state index in [2.05, 4.69) is 36.9 Å².